The summed E-state index contributed by atoms with van der Waals surface area (Å²) in [5.74, 6) is -1.28. The highest BCUT2D eigenvalue weighted by Crippen LogP contribution is 2.24. The lowest BCUT2D eigenvalue weighted by atomic mass is 10.2. The number of phenolic OH excluding ortho intramolecular Hbond substituents is 4. The third kappa shape index (κ3) is 6.41. The normalized spacial score (nSPS) is 11.0. The van der Waals surface area contributed by atoms with Crippen molar-refractivity contribution in [3.05, 3.63) is 59.7 Å². The van der Waals surface area contributed by atoms with Gasteiger partial charge in [0, 0.05) is 48.5 Å². The highest BCUT2D eigenvalue weighted by molar-refractivity contribution is 5.93. The van der Waals surface area contributed by atoms with Crippen molar-refractivity contribution >= 4 is 24.0 Å². The maximum atomic E-state index is 11.7. The molecule has 8 heteroatoms. The van der Waals surface area contributed by atoms with Crippen LogP contribution in [0.2, 0.25) is 0 Å². The standard InChI is InChI=1S/C20H20N2O6/c23-15-5-1-13(17(25)11-15)3-7-19(27)21-9-10-22-20(28)8-4-14-2-6-16(24)12-18(14)26/h1-8,11-12,23-26H,9-10H2,(H,21,27)(H,22,28)/b7-3+,8-4+. The number of benzene rings is 2. The van der Waals surface area contributed by atoms with Crippen LogP contribution in [0.25, 0.3) is 12.2 Å². The lowest BCUT2D eigenvalue weighted by molar-refractivity contribution is -0.118. The van der Waals surface area contributed by atoms with Gasteiger partial charge in [0.25, 0.3) is 0 Å². The zero-order chi connectivity index (χ0) is 20.5. The SMILES string of the molecule is O=C(/C=C/c1ccc(O)cc1O)NCCNC(=O)/C=C/c1ccc(O)cc1O. The maximum Gasteiger partial charge on any atom is 0.244 e. The van der Waals surface area contributed by atoms with E-state index < -0.39 is 11.8 Å². The van der Waals surface area contributed by atoms with E-state index in [0.29, 0.717) is 11.1 Å². The highest BCUT2D eigenvalue weighted by atomic mass is 16.3. The van der Waals surface area contributed by atoms with E-state index >= 15 is 0 Å². The Balaban J connectivity index is 1.72. The Labute approximate surface area is 161 Å². The first-order valence-corrected chi connectivity index (χ1v) is 8.31. The van der Waals surface area contributed by atoms with Crippen LogP contribution in [-0.2, 0) is 9.59 Å². The summed E-state index contributed by atoms with van der Waals surface area (Å²) in [4.78, 5) is 23.4. The van der Waals surface area contributed by atoms with Crippen LogP contribution in [0, 0.1) is 0 Å². The topological polar surface area (TPSA) is 139 Å². The van der Waals surface area contributed by atoms with Crippen molar-refractivity contribution in [3.8, 4) is 23.0 Å². The number of amides is 2. The Kier molecular flexibility index (Phi) is 7.04. The van der Waals surface area contributed by atoms with E-state index in [2.05, 4.69) is 10.6 Å². The molecule has 0 saturated carbocycles. The molecule has 0 saturated heterocycles. The van der Waals surface area contributed by atoms with Gasteiger partial charge in [-0.2, -0.15) is 0 Å². The maximum absolute atomic E-state index is 11.7. The predicted molar refractivity (Wildman–Crippen MR) is 104 cm³/mol. The molecule has 0 aliphatic rings. The Morgan fingerprint density at radius 3 is 1.46 bits per heavy atom. The number of carbonyl (C=O) groups excluding carboxylic acids is 2. The van der Waals surface area contributed by atoms with Crippen LogP contribution in [0.3, 0.4) is 0 Å². The van der Waals surface area contributed by atoms with Crippen LogP contribution in [-0.4, -0.2) is 45.3 Å². The van der Waals surface area contributed by atoms with Crippen molar-refractivity contribution < 1.29 is 30.0 Å². The summed E-state index contributed by atoms with van der Waals surface area (Å²) in [6.45, 7) is 0.379. The van der Waals surface area contributed by atoms with Crippen molar-refractivity contribution in [2.24, 2.45) is 0 Å². The van der Waals surface area contributed by atoms with Crippen LogP contribution in [0.4, 0.5) is 0 Å². The van der Waals surface area contributed by atoms with Crippen LogP contribution < -0.4 is 10.6 Å². The second-order valence-electron chi connectivity index (χ2n) is 5.73. The molecule has 2 rings (SSSR count). The van der Waals surface area contributed by atoms with Crippen LogP contribution in [0.1, 0.15) is 11.1 Å². The summed E-state index contributed by atoms with van der Waals surface area (Å²) < 4.78 is 0. The highest BCUT2D eigenvalue weighted by Gasteiger charge is 2.02. The Bertz CT molecular complexity index is 845. The lowest BCUT2D eigenvalue weighted by Crippen LogP contribution is -2.33. The summed E-state index contributed by atoms with van der Waals surface area (Å²) in [5, 5.41) is 42.8. The number of rotatable bonds is 7. The van der Waals surface area contributed by atoms with E-state index in [0.717, 1.165) is 0 Å². The molecule has 0 bridgehead atoms. The van der Waals surface area contributed by atoms with Crippen molar-refractivity contribution in [3.63, 3.8) is 0 Å². The molecule has 2 aromatic carbocycles. The molecule has 0 aliphatic heterocycles. The molecular formula is C20H20N2O6. The van der Waals surface area contributed by atoms with Crippen molar-refractivity contribution in [2.45, 2.75) is 0 Å². The molecule has 2 amide bonds. The number of aromatic hydroxyl groups is 4. The Morgan fingerprint density at radius 2 is 1.11 bits per heavy atom. The second-order valence-corrected chi connectivity index (χ2v) is 5.73. The molecule has 0 aliphatic carbocycles. The van der Waals surface area contributed by atoms with E-state index in [1.165, 1.54) is 60.7 Å². The van der Waals surface area contributed by atoms with Gasteiger partial charge < -0.3 is 31.1 Å². The molecule has 6 N–H and O–H groups in total. The predicted octanol–water partition coefficient (Wildman–Crippen LogP) is 1.47. The zero-order valence-corrected chi connectivity index (χ0v) is 14.8. The van der Waals surface area contributed by atoms with Crippen molar-refractivity contribution in [2.75, 3.05) is 13.1 Å². The third-order valence-electron chi connectivity index (χ3n) is 3.58. The Hall–Kier alpha value is -3.94. The van der Waals surface area contributed by atoms with Gasteiger partial charge >= 0.3 is 0 Å². The first-order chi connectivity index (χ1) is 13.3. The monoisotopic (exact) mass is 384 g/mol. The summed E-state index contributed by atoms with van der Waals surface area (Å²) in [6, 6.07) is 8.04. The molecule has 8 nitrogen and oxygen atoms in total. The quantitative estimate of drug-likeness (QED) is 0.316. The minimum Gasteiger partial charge on any atom is -0.508 e. The van der Waals surface area contributed by atoms with Crippen LogP contribution in [0.15, 0.2) is 48.6 Å². The number of hydrogen-bond donors (Lipinski definition) is 6. The van der Waals surface area contributed by atoms with Crippen molar-refractivity contribution in [1.29, 1.82) is 0 Å². The molecule has 0 aromatic heterocycles. The van der Waals surface area contributed by atoms with E-state index in [-0.39, 0.29) is 36.1 Å². The summed E-state index contributed by atoms with van der Waals surface area (Å²) in [5.41, 5.74) is 0.757. The van der Waals surface area contributed by atoms with Gasteiger partial charge in [-0.15, -0.1) is 0 Å². The van der Waals surface area contributed by atoms with E-state index in [1.54, 1.807) is 0 Å². The molecule has 0 unspecified atom stereocenters. The molecule has 28 heavy (non-hydrogen) atoms. The fourth-order valence-electron chi connectivity index (χ4n) is 2.17. The number of hydrogen-bond acceptors (Lipinski definition) is 6. The number of phenols is 4. The zero-order valence-electron chi connectivity index (χ0n) is 14.8. The average molecular weight is 384 g/mol. The molecule has 0 spiro atoms. The van der Waals surface area contributed by atoms with Gasteiger partial charge in [0.05, 0.1) is 0 Å². The van der Waals surface area contributed by atoms with Crippen molar-refractivity contribution in [1.82, 2.24) is 10.6 Å². The fourth-order valence-corrected chi connectivity index (χ4v) is 2.17. The molecular weight excluding hydrogens is 364 g/mol. The first kappa shape index (κ1) is 20.4. The average Bonchev–Trinajstić information content (AvgIpc) is 2.64. The lowest BCUT2D eigenvalue weighted by Gasteiger charge is -2.04. The minimum atomic E-state index is -0.411. The molecule has 146 valence electrons. The van der Waals surface area contributed by atoms with Gasteiger partial charge in [0.15, 0.2) is 0 Å². The van der Waals surface area contributed by atoms with Gasteiger partial charge in [0.2, 0.25) is 11.8 Å². The molecule has 0 radical (unpaired) electrons. The van der Waals surface area contributed by atoms with E-state index in [4.69, 9.17) is 0 Å². The van der Waals surface area contributed by atoms with E-state index in [9.17, 15) is 30.0 Å². The fraction of sp³-hybridized carbons (Fsp3) is 0.100. The summed E-state index contributed by atoms with van der Waals surface area (Å²) >= 11 is 0. The van der Waals surface area contributed by atoms with Gasteiger partial charge in [0.1, 0.15) is 23.0 Å². The minimum absolute atomic E-state index is 0.0792. The van der Waals surface area contributed by atoms with Crippen LogP contribution >= 0.6 is 0 Å². The first-order valence-electron chi connectivity index (χ1n) is 8.31. The molecule has 0 atom stereocenters. The molecule has 2 aromatic rings. The molecule has 0 fully saturated rings. The largest absolute Gasteiger partial charge is 0.508 e. The van der Waals surface area contributed by atoms with Gasteiger partial charge in [-0.25, -0.2) is 0 Å². The third-order valence-corrected chi connectivity index (χ3v) is 3.58. The van der Waals surface area contributed by atoms with Gasteiger partial charge in [-0.1, -0.05) is 0 Å². The Morgan fingerprint density at radius 1 is 0.714 bits per heavy atom. The molecule has 0 heterocycles. The van der Waals surface area contributed by atoms with Gasteiger partial charge in [-0.3, -0.25) is 9.59 Å². The second kappa shape index (κ2) is 9.67. The van der Waals surface area contributed by atoms with E-state index in [1.807, 2.05) is 0 Å². The number of nitrogens with one attached hydrogen (secondary N) is 2. The smallest absolute Gasteiger partial charge is 0.244 e. The van der Waals surface area contributed by atoms with Crippen LogP contribution in [0.5, 0.6) is 23.0 Å². The van der Waals surface area contributed by atoms with Gasteiger partial charge in [-0.05, 0) is 36.4 Å². The summed E-state index contributed by atoms with van der Waals surface area (Å²) in [6.07, 6.45) is 5.24. The summed E-state index contributed by atoms with van der Waals surface area (Å²) in [7, 11) is 0. The number of carbonyl (C=O) groups is 2.